The van der Waals surface area contributed by atoms with Gasteiger partial charge in [-0.1, -0.05) is 24.1 Å². The molecule has 0 spiro atoms. The number of aryl methyl sites for hydroxylation is 1. The van der Waals surface area contributed by atoms with E-state index < -0.39 is 0 Å². The summed E-state index contributed by atoms with van der Waals surface area (Å²) in [5.74, 6) is 1.03. The third-order valence-corrected chi connectivity index (χ3v) is 3.97. The molecule has 0 N–H and O–H groups in total. The molecule has 1 unspecified atom stereocenters. The lowest BCUT2D eigenvalue weighted by molar-refractivity contribution is 0.172. The Morgan fingerprint density at radius 1 is 1.22 bits per heavy atom. The first-order chi connectivity index (χ1) is 8.70. The van der Waals surface area contributed by atoms with Crippen LogP contribution in [0.25, 0.3) is 0 Å². The van der Waals surface area contributed by atoms with E-state index in [0.29, 0.717) is 6.04 Å². The number of methoxy groups -OCH3 is 1. The van der Waals surface area contributed by atoms with Crippen molar-refractivity contribution >= 4 is 0 Å². The summed E-state index contributed by atoms with van der Waals surface area (Å²) in [5.41, 5.74) is 2.66. The van der Waals surface area contributed by atoms with Crippen LogP contribution in [0.2, 0.25) is 0 Å². The monoisotopic (exact) mass is 247 g/mol. The summed E-state index contributed by atoms with van der Waals surface area (Å²) in [5, 5.41) is 0. The number of nitrogens with zero attached hydrogens (tertiary/aromatic N) is 1. The molecule has 2 nitrogen and oxygen atoms in total. The predicted octanol–water partition coefficient (Wildman–Crippen LogP) is 3.42. The van der Waals surface area contributed by atoms with Gasteiger partial charge in [0.25, 0.3) is 0 Å². The number of hydrogen-bond donors (Lipinski definition) is 0. The average Bonchev–Trinajstić information content (AvgIpc) is 2.40. The van der Waals surface area contributed by atoms with E-state index in [1.165, 1.54) is 43.5 Å². The Bertz CT molecular complexity index is 383. The first-order valence-corrected chi connectivity index (χ1v) is 7.08. The summed E-state index contributed by atoms with van der Waals surface area (Å²) < 4.78 is 5.47. The molecule has 0 aliphatic carbocycles. The van der Waals surface area contributed by atoms with Gasteiger partial charge in [0.1, 0.15) is 5.75 Å². The highest BCUT2D eigenvalue weighted by Gasteiger charge is 2.18. The zero-order chi connectivity index (χ0) is 13.0. The van der Waals surface area contributed by atoms with Crippen molar-refractivity contribution in [1.29, 1.82) is 0 Å². The van der Waals surface area contributed by atoms with Gasteiger partial charge >= 0.3 is 0 Å². The van der Waals surface area contributed by atoms with Crippen molar-refractivity contribution in [2.24, 2.45) is 0 Å². The van der Waals surface area contributed by atoms with Crippen molar-refractivity contribution in [3.63, 3.8) is 0 Å². The van der Waals surface area contributed by atoms with Crippen LogP contribution in [-0.2, 0) is 6.42 Å². The second-order valence-electron chi connectivity index (χ2n) is 5.47. The summed E-state index contributed by atoms with van der Waals surface area (Å²) in [6.07, 6.45) is 5.20. The normalized spacial score (nSPS) is 18.6. The van der Waals surface area contributed by atoms with Crippen molar-refractivity contribution in [2.45, 2.75) is 45.6 Å². The van der Waals surface area contributed by atoms with Crippen LogP contribution in [0.3, 0.4) is 0 Å². The molecule has 0 aromatic heterocycles. The maximum Gasteiger partial charge on any atom is 0.122 e. The number of rotatable bonds is 4. The van der Waals surface area contributed by atoms with E-state index >= 15 is 0 Å². The van der Waals surface area contributed by atoms with Gasteiger partial charge in [0, 0.05) is 6.04 Å². The SMILES string of the molecule is COc1ccc(C)cc1CC(C)N1CCCCC1. The van der Waals surface area contributed by atoms with E-state index in [9.17, 15) is 0 Å². The van der Waals surface area contributed by atoms with E-state index in [1.54, 1.807) is 7.11 Å². The zero-order valence-electron chi connectivity index (χ0n) is 11.9. The first-order valence-electron chi connectivity index (χ1n) is 7.08. The quantitative estimate of drug-likeness (QED) is 0.808. The Hall–Kier alpha value is -1.02. The lowest BCUT2D eigenvalue weighted by Crippen LogP contribution is -2.38. The van der Waals surface area contributed by atoms with Crippen LogP contribution in [-0.4, -0.2) is 31.1 Å². The lowest BCUT2D eigenvalue weighted by atomic mass is 10.0. The lowest BCUT2D eigenvalue weighted by Gasteiger charge is -2.32. The van der Waals surface area contributed by atoms with Crippen molar-refractivity contribution < 1.29 is 4.74 Å². The highest BCUT2D eigenvalue weighted by Crippen LogP contribution is 2.23. The molecular weight excluding hydrogens is 222 g/mol. The maximum absolute atomic E-state index is 5.47. The van der Waals surface area contributed by atoms with Gasteiger partial charge < -0.3 is 9.64 Å². The Kier molecular flexibility index (Phi) is 4.65. The van der Waals surface area contributed by atoms with Crippen molar-refractivity contribution in [1.82, 2.24) is 4.90 Å². The molecule has 2 heteroatoms. The first kappa shape index (κ1) is 13.4. The van der Waals surface area contributed by atoms with Crippen LogP contribution in [0.4, 0.5) is 0 Å². The Balaban J connectivity index is 2.05. The molecule has 0 bridgehead atoms. The molecule has 0 saturated carbocycles. The van der Waals surface area contributed by atoms with Gasteiger partial charge in [0.2, 0.25) is 0 Å². The molecule has 18 heavy (non-hydrogen) atoms. The molecule has 1 saturated heterocycles. The van der Waals surface area contributed by atoms with E-state index in [0.717, 1.165) is 12.2 Å². The van der Waals surface area contributed by atoms with Crippen molar-refractivity contribution in [3.05, 3.63) is 29.3 Å². The summed E-state index contributed by atoms with van der Waals surface area (Å²) >= 11 is 0. The summed E-state index contributed by atoms with van der Waals surface area (Å²) in [4.78, 5) is 2.62. The largest absolute Gasteiger partial charge is 0.496 e. The minimum atomic E-state index is 0.612. The van der Waals surface area contributed by atoms with Crippen molar-refractivity contribution in [2.75, 3.05) is 20.2 Å². The van der Waals surface area contributed by atoms with Crippen molar-refractivity contribution in [3.8, 4) is 5.75 Å². The molecule has 1 atom stereocenters. The van der Waals surface area contributed by atoms with Gasteiger partial charge in [-0.2, -0.15) is 0 Å². The number of ether oxygens (including phenoxy) is 1. The molecule has 100 valence electrons. The average molecular weight is 247 g/mol. The number of benzene rings is 1. The van der Waals surface area contributed by atoms with Crippen LogP contribution in [0.15, 0.2) is 18.2 Å². The molecular formula is C16H25NO. The second kappa shape index (κ2) is 6.24. The minimum Gasteiger partial charge on any atom is -0.496 e. The molecule has 1 fully saturated rings. The fourth-order valence-corrected chi connectivity index (χ4v) is 2.87. The summed E-state index contributed by atoms with van der Waals surface area (Å²) in [7, 11) is 1.76. The molecule has 2 rings (SSSR count). The molecule has 1 heterocycles. The van der Waals surface area contributed by atoms with Crippen LogP contribution in [0, 0.1) is 6.92 Å². The van der Waals surface area contributed by atoms with Gasteiger partial charge in [-0.3, -0.25) is 0 Å². The van der Waals surface area contributed by atoms with E-state index in [2.05, 4.69) is 36.9 Å². The van der Waals surface area contributed by atoms with Gasteiger partial charge in [-0.05, 0) is 57.8 Å². The number of likely N-dealkylation sites (tertiary alicyclic amines) is 1. The predicted molar refractivity (Wildman–Crippen MR) is 76.3 cm³/mol. The highest BCUT2D eigenvalue weighted by atomic mass is 16.5. The Labute approximate surface area is 111 Å². The van der Waals surface area contributed by atoms with Crippen LogP contribution in [0.5, 0.6) is 5.75 Å². The second-order valence-corrected chi connectivity index (χ2v) is 5.47. The van der Waals surface area contributed by atoms with Crippen LogP contribution >= 0.6 is 0 Å². The molecule has 1 aliphatic heterocycles. The molecule has 1 aliphatic rings. The maximum atomic E-state index is 5.47. The number of hydrogen-bond acceptors (Lipinski definition) is 2. The highest BCUT2D eigenvalue weighted by molar-refractivity contribution is 5.37. The van der Waals surface area contributed by atoms with Crippen LogP contribution < -0.4 is 4.74 Å². The molecule has 1 aromatic rings. The molecule has 0 amide bonds. The number of piperidine rings is 1. The smallest absolute Gasteiger partial charge is 0.122 e. The Morgan fingerprint density at radius 3 is 2.61 bits per heavy atom. The van der Waals surface area contributed by atoms with E-state index in [-0.39, 0.29) is 0 Å². The minimum absolute atomic E-state index is 0.612. The van der Waals surface area contributed by atoms with Gasteiger partial charge in [0.15, 0.2) is 0 Å². The van der Waals surface area contributed by atoms with E-state index in [4.69, 9.17) is 4.74 Å². The third kappa shape index (κ3) is 3.26. The standard InChI is InChI=1S/C16H25NO/c1-13-7-8-16(18-3)15(11-13)12-14(2)17-9-5-4-6-10-17/h7-8,11,14H,4-6,9-10,12H2,1-3H3. The van der Waals surface area contributed by atoms with Gasteiger partial charge in [-0.15, -0.1) is 0 Å². The third-order valence-electron chi connectivity index (χ3n) is 3.97. The molecule has 1 aromatic carbocycles. The summed E-state index contributed by atoms with van der Waals surface area (Å²) in [6.45, 7) is 7.01. The zero-order valence-corrected chi connectivity index (χ0v) is 11.9. The van der Waals surface area contributed by atoms with E-state index in [1.807, 2.05) is 0 Å². The van der Waals surface area contributed by atoms with Crippen LogP contribution in [0.1, 0.15) is 37.3 Å². The van der Waals surface area contributed by atoms with Gasteiger partial charge in [0.05, 0.1) is 7.11 Å². The fourth-order valence-electron chi connectivity index (χ4n) is 2.87. The molecule has 0 radical (unpaired) electrons. The van der Waals surface area contributed by atoms with Gasteiger partial charge in [-0.25, -0.2) is 0 Å². The summed E-state index contributed by atoms with van der Waals surface area (Å²) in [6, 6.07) is 7.09. The topological polar surface area (TPSA) is 12.5 Å². The Morgan fingerprint density at radius 2 is 1.94 bits per heavy atom. The fraction of sp³-hybridized carbons (Fsp3) is 0.625.